The van der Waals surface area contributed by atoms with Crippen molar-refractivity contribution in [3.05, 3.63) is 125 Å². The molecule has 3 heterocycles. The van der Waals surface area contributed by atoms with E-state index in [4.69, 9.17) is 20.7 Å². The van der Waals surface area contributed by atoms with Crippen LogP contribution in [0.4, 0.5) is 0 Å². The van der Waals surface area contributed by atoms with Gasteiger partial charge in [0.15, 0.2) is 0 Å². The molecular weight excluding hydrogens is 482 g/mol. The smallest absolute Gasteiger partial charge is 0.121 e. The number of benzene rings is 3. The van der Waals surface area contributed by atoms with E-state index >= 15 is 0 Å². The summed E-state index contributed by atoms with van der Waals surface area (Å²) in [5.74, 6) is 1.84. The zero-order valence-electron chi connectivity index (χ0n) is 21.7. The number of para-hydroxylation sites is 4. The van der Waals surface area contributed by atoms with Crippen molar-refractivity contribution in [1.29, 1.82) is 0 Å². The first-order valence-corrected chi connectivity index (χ1v) is 13.6. The molecule has 4 N–H and O–H groups in total. The van der Waals surface area contributed by atoms with E-state index in [1.54, 1.807) is 0 Å². The molecule has 0 saturated carbocycles. The van der Waals surface area contributed by atoms with Crippen LogP contribution in [0.5, 0.6) is 0 Å². The Bertz CT molecular complexity index is 1680. The van der Waals surface area contributed by atoms with Crippen LogP contribution < -0.4 is 5.73 Å². The first-order chi connectivity index (χ1) is 19.2. The number of nitrogens with one attached hydrogen (secondary N) is 2. The summed E-state index contributed by atoms with van der Waals surface area (Å²) in [5.41, 5.74) is 15.9. The second-order valence-corrected chi connectivity index (χ2v) is 10.3. The number of nitrogens with two attached hydrogens (primary N) is 1. The number of aryl methyl sites for hydroxylation is 1. The fourth-order valence-corrected chi connectivity index (χ4v) is 6.00. The van der Waals surface area contributed by atoms with Gasteiger partial charge in [-0.25, -0.2) is 9.97 Å². The number of aromatic nitrogens is 5. The number of aromatic amines is 2. The number of hydrogen-bond donors (Lipinski definition) is 3. The lowest BCUT2D eigenvalue weighted by Crippen LogP contribution is -2.39. The van der Waals surface area contributed by atoms with Crippen LogP contribution in [0.15, 0.2) is 91.1 Å². The molecule has 0 aliphatic heterocycles. The van der Waals surface area contributed by atoms with Crippen LogP contribution >= 0.6 is 0 Å². The highest BCUT2D eigenvalue weighted by Gasteiger charge is 2.32. The minimum Gasteiger partial charge on any atom is -0.342 e. The summed E-state index contributed by atoms with van der Waals surface area (Å²) in [6, 6.07) is 29.1. The van der Waals surface area contributed by atoms with E-state index in [-0.39, 0.29) is 12.2 Å². The molecule has 2 atom stereocenters. The Morgan fingerprint density at radius 2 is 1.51 bits per heavy atom. The van der Waals surface area contributed by atoms with Crippen LogP contribution in [0, 0.1) is 0 Å². The molecule has 3 aromatic heterocycles. The van der Waals surface area contributed by atoms with Crippen molar-refractivity contribution in [2.24, 2.45) is 5.73 Å². The Morgan fingerprint density at radius 1 is 0.821 bits per heavy atom. The van der Waals surface area contributed by atoms with Crippen LogP contribution in [0.3, 0.4) is 0 Å². The molecule has 1 aliphatic rings. The lowest BCUT2D eigenvalue weighted by atomic mass is 9.89. The SMILES string of the molecule is NC(c1ccccc1Cc1nc2ccccc2[nH]1)N(Cc1nc2ccccc2[nH]1)C1CCCc2cccnc21. The van der Waals surface area contributed by atoms with Crippen LogP contribution in [0.2, 0.25) is 0 Å². The van der Waals surface area contributed by atoms with E-state index in [1.165, 1.54) is 5.56 Å². The zero-order valence-corrected chi connectivity index (χ0v) is 21.7. The number of hydrogen-bond acceptors (Lipinski definition) is 5. The van der Waals surface area contributed by atoms with Crippen molar-refractivity contribution in [3.63, 3.8) is 0 Å². The van der Waals surface area contributed by atoms with E-state index in [1.807, 2.05) is 48.7 Å². The third-order valence-corrected chi connectivity index (χ3v) is 7.86. The van der Waals surface area contributed by atoms with Gasteiger partial charge in [-0.3, -0.25) is 9.88 Å². The molecule has 7 nitrogen and oxygen atoms in total. The topological polar surface area (TPSA) is 99.5 Å². The number of imidazole rings is 2. The first-order valence-electron chi connectivity index (χ1n) is 13.6. The highest BCUT2D eigenvalue weighted by atomic mass is 15.3. The van der Waals surface area contributed by atoms with Gasteiger partial charge < -0.3 is 15.7 Å². The largest absolute Gasteiger partial charge is 0.342 e. The normalized spacial score (nSPS) is 16.1. The summed E-state index contributed by atoms with van der Waals surface area (Å²) in [6.45, 7) is 0.593. The molecular formula is C32H31N7. The average Bonchev–Trinajstić information content (AvgIpc) is 3.59. The van der Waals surface area contributed by atoms with E-state index < -0.39 is 0 Å². The summed E-state index contributed by atoms with van der Waals surface area (Å²) in [6.07, 6.45) is 5.39. The number of H-pyrrole nitrogens is 2. The Morgan fingerprint density at radius 3 is 2.31 bits per heavy atom. The summed E-state index contributed by atoms with van der Waals surface area (Å²) in [5, 5.41) is 0. The van der Waals surface area contributed by atoms with E-state index in [0.717, 1.165) is 69.8 Å². The van der Waals surface area contributed by atoms with Gasteiger partial charge in [-0.05, 0) is 66.3 Å². The van der Waals surface area contributed by atoms with Gasteiger partial charge in [0.25, 0.3) is 0 Å². The lowest BCUT2D eigenvalue weighted by Gasteiger charge is -2.39. The number of nitrogens with zero attached hydrogens (tertiary/aromatic N) is 4. The molecule has 0 bridgehead atoms. The van der Waals surface area contributed by atoms with Crippen molar-refractivity contribution in [2.75, 3.05) is 0 Å². The summed E-state index contributed by atoms with van der Waals surface area (Å²) < 4.78 is 0. The van der Waals surface area contributed by atoms with Gasteiger partial charge in [-0.2, -0.15) is 0 Å². The predicted molar refractivity (Wildman–Crippen MR) is 154 cm³/mol. The Hall–Kier alpha value is -4.33. The average molecular weight is 514 g/mol. The Labute approximate surface area is 227 Å². The highest BCUT2D eigenvalue weighted by molar-refractivity contribution is 5.75. The third kappa shape index (κ3) is 4.60. The van der Waals surface area contributed by atoms with E-state index in [0.29, 0.717) is 13.0 Å². The molecule has 0 amide bonds. The number of pyridine rings is 1. The Balaban J connectivity index is 1.27. The zero-order chi connectivity index (χ0) is 26.2. The van der Waals surface area contributed by atoms with Crippen molar-refractivity contribution < 1.29 is 0 Å². The van der Waals surface area contributed by atoms with E-state index in [9.17, 15) is 0 Å². The first kappa shape index (κ1) is 23.8. The second-order valence-electron chi connectivity index (χ2n) is 10.3. The monoisotopic (exact) mass is 513 g/mol. The van der Waals surface area contributed by atoms with Crippen LogP contribution in [-0.4, -0.2) is 29.8 Å². The molecule has 2 unspecified atom stereocenters. The molecule has 1 aliphatic carbocycles. The number of rotatable bonds is 7. The molecule has 3 aromatic carbocycles. The molecule has 0 saturated heterocycles. The minimum absolute atomic E-state index is 0.0948. The van der Waals surface area contributed by atoms with Crippen molar-refractivity contribution >= 4 is 22.1 Å². The van der Waals surface area contributed by atoms with Crippen molar-refractivity contribution in [3.8, 4) is 0 Å². The quantitative estimate of drug-likeness (QED) is 0.229. The fourth-order valence-electron chi connectivity index (χ4n) is 6.00. The van der Waals surface area contributed by atoms with Crippen molar-refractivity contribution in [2.45, 2.75) is 44.4 Å². The van der Waals surface area contributed by atoms with Crippen LogP contribution in [0.25, 0.3) is 22.1 Å². The molecule has 0 fully saturated rings. The summed E-state index contributed by atoms with van der Waals surface area (Å²) in [4.78, 5) is 24.0. The molecule has 0 radical (unpaired) electrons. The maximum absolute atomic E-state index is 7.22. The minimum atomic E-state index is -0.350. The predicted octanol–water partition coefficient (Wildman–Crippen LogP) is 5.96. The van der Waals surface area contributed by atoms with Crippen molar-refractivity contribution in [1.82, 2.24) is 29.8 Å². The van der Waals surface area contributed by atoms with Gasteiger partial charge in [0.05, 0.1) is 46.5 Å². The lowest BCUT2D eigenvalue weighted by molar-refractivity contribution is 0.106. The fraction of sp³-hybridized carbons (Fsp3) is 0.219. The Kier molecular flexibility index (Phi) is 6.15. The molecule has 7 heteroatoms. The van der Waals surface area contributed by atoms with Crippen LogP contribution in [0.1, 0.15) is 59.1 Å². The van der Waals surface area contributed by atoms with Gasteiger partial charge in [0.2, 0.25) is 0 Å². The second kappa shape index (κ2) is 10.1. The summed E-state index contributed by atoms with van der Waals surface area (Å²) >= 11 is 0. The molecule has 7 rings (SSSR count). The maximum Gasteiger partial charge on any atom is 0.121 e. The molecule has 6 aromatic rings. The molecule has 39 heavy (non-hydrogen) atoms. The van der Waals surface area contributed by atoms with Gasteiger partial charge in [-0.1, -0.05) is 54.6 Å². The van der Waals surface area contributed by atoms with Gasteiger partial charge >= 0.3 is 0 Å². The highest BCUT2D eigenvalue weighted by Crippen LogP contribution is 2.38. The molecule has 194 valence electrons. The molecule has 0 spiro atoms. The van der Waals surface area contributed by atoms with Crippen LogP contribution in [-0.2, 0) is 19.4 Å². The van der Waals surface area contributed by atoms with Gasteiger partial charge in [-0.15, -0.1) is 0 Å². The third-order valence-electron chi connectivity index (χ3n) is 7.86. The van der Waals surface area contributed by atoms with E-state index in [2.05, 4.69) is 57.3 Å². The number of fused-ring (bicyclic) bond motifs is 3. The standard InChI is InChI=1S/C32H31N7/c33-32(23-12-2-1-9-22(23)19-29-35-24-13-3-4-14-25(24)36-29)39(20-30-37-26-15-5-6-16-27(26)38-30)28-17-7-10-21-11-8-18-34-31(21)28/h1-6,8-9,11-16,18,28,32H,7,10,17,19-20,33H2,(H,35,36)(H,37,38). The van der Waals surface area contributed by atoms with Gasteiger partial charge in [0, 0.05) is 12.6 Å². The maximum atomic E-state index is 7.22. The van der Waals surface area contributed by atoms with Gasteiger partial charge in [0.1, 0.15) is 11.6 Å². The summed E-state index contributed by atoms with van der Waals surface area (Å²) in [7, 11) is 0.